The number of benzene rings is 1. The Morgan fingerprint density at radius 2 is 2.00 bits per heavy atom. The number of aromatic nitrogens is 1. The van der Waals surface area contributed by atoms with E-state index in [9.17, 15) is 10.5 Å². The highest BCUT2D eigenvalue weighted by molar-refractivity contribution is 6.32. The summed E-state index contributed by atoms with van der Waals surface area (Å²) in [5, 5.41) is 19.6. The zero-order valence-corrected chi connectivity index (χ0v) is 16.0. The van der Waals surface area contributed by atoms with Crippen LogP contribution in [0.3, 0.4) is 0 Å². The number of nitrogens with two attached hydrogens (primary N) is 1. The molecule has 2 aromatic rings. The molecule has 5 nitrogen and oxygen atoms in total. The van der Waals surface area contributed by atoms with Crippen molar-refractivity contribution in [1.82, 2.24) is 0 Å². The SMILES string of the molecule is CCOc1ccc(/C=C2\C(C)=C(C#N)c3[nH+]c(N)c(C#N)c(C)c32)cc1Cl. The van der Waals surface area contributed by atoms with Crippen LogP contribution in [0.4, 0.5) is 5.82 Å². The number of hydrogen-bond acceptors (Lipinski definition) is 4. The zero-order valence-electron chi connectivity index (χ0n) is 15.3. The Morgan fingerprint density at radius 3 is 2.59 bits per heavy atom. The molecule has 0 aliphatic heterocycles. The van der Waals surface area contributed by atoms with Gasteiger partial charge in [0.15, 0.2) is 5.69 Å². The number of anilines is 1. The van der Waals surface area contributed by atoms with Crippen LogP contribution in [0.1, 0.15) is 41.8 Å². The topological polar surface area (TPSA) is 97.0 Å². The molecule has 0 atom stereocenters. The lowest BCUT2D eigenvalue weighted by atomic mass is 9.95. The summed E-state index contributed by atoms with van der Waals surface area (Å²) in [6, 6.07) is 9.92. The molecule has 1 aliphatic rings. The van der Waals surface area contributed by atoms with Crippen LogP contribution in [0, 0.1) is 29.6 Å². The van der Waals surface area contributed by atoms with Crippen molar-refractivity contribution in [2.45, 2.75) is 20.8 Å². The van der Waals surface area contributed by atoms with Crippen molar-refractivity contribution in [3.8, 4) is 17.9 Å². The van der Waals surface area contributed by atoms with Gasteiger partial charge in [-0.05, 0) is 61.3 Å². The van der Waals surface area contributed by atoms with Gasteiger partial charge in [-0.3, -0.25) is 5.73 Å². The van der Waals surface area contributed by atoms with Gasteiger partial charge in [0.1, 0.15) is 29.0 Å². The number of fused-ring (bicyclic) bond motifs is 1. The molecular weight excluding hydrogens is 360 g/mol. The van der Waals surface area contributed by atoms with Crippen molar-refractivity contribution < 1.29 is 9.72 Å². The van der Waals surface area contributed by atoms with E-state index in [1.807, 2.05) is 45.0 Å². The maximum atomic E-state index is 9.62. The zero-order chi connectivity index (χ0) is 19.7. The van der Waals surface area contributed by atoms with Crippen LogP contribution in [0.2, 0.25) is 5.02 Å². The first-order chi connectivity index (χ1) is 12.9. The molecule has 0 fully saturated rings. The van der Waals surface area contributed by atoms with E-state index < -0.39 is 0 Å². The van der Waals surface area contributed by atoms with Gasteiger partial charge in [0, 0.05) is 5.56 Å². The highest BCUT2D eigenvalue weighted by Crippen LogP contribution is 2.43. The Labute approximate surface area is 163 Å². The lowest BCUT2D eigenvalue weighted by Crippen LogP contribution is -2.20. The molecule has 134 valence electrons. The number of nitrogens with zero attached hydrogens (tertiary/aromatic N) is 2. The molecule has 0 saturated heterocycles. The highest BCUT2D eigenvalue weighted by atomic mass is 35.5. The highest BCUT2D eigenvalue weighted by Gasteiger charge is 2.32. The predicted octanol–water partition coefficient (Wildman–Crippen LogP) is 4.17. The van der Waals surface area contributed by atoms with Gasteiger partial charge in [0.25, 0.3) is 5.82 Å². The monoisotopic (exact) mass is 377 g/mol. The molecule has 1 aromatic heterocycles. The molecule has 1 aromatic carbocycles. The summed E-state index contributed by atoms with van der Waals surface area (Å²) in [6.07, 6.45) is 1.96. The quantitative estimate of drug-likeness (QED) is 0.867. The van der Waals surface area contributed by atoms with Crippen molar-refractivity contribution in [3.05, 3.63) is 56.7 Å². The first kappa shape index (κ1) is 18.5. The predicted molar refractivity (Wildman–Crippen MR) is 106 cm³/mol. The summed E-state index contributed by atoms with van der Waals surface area (Å²) in [6.45, 7) is 6.16. The fourth-order valence-corrected chi connectivity index (χ4v) is 3.56. The molecular formula is C21H18ClN4O+. The molecule has 3 N–H and O–H groups in total. The second-order valence-electron chi connectivity index (χ2n) is 6.19. The number of halogens is 1. The van der Waals surface area contributed by atoms with E-state index in [-0.39, 0.29) is 5.82 Å². The number of rotatable bonds is 3. The Hall–Kier alpha value is -3.28. The van der Waals surface area contributed by atoms with Gasteiger partial charge in [0.2, 0.25) is 0 Å². The fraction of sp³-hybridized carbons (Fsp3) is 0.190. The maximum absolute atomic E-state index is 9.62. The summed E-state index contributed by atoms with van der Waals surface area (Å²) in [5.74, 6) is 0.891. The second-order valence-corrected chi connectivity index (χ2v) is 6.60. The molecule has 3 rings (SSSR count). The first-order valence-corrected chi connectivity index (χ1v) is 8.82. The molecule has 0 spiro atoms. The molecule has 1 heterocycles. The number of nitrogen functional groups attached to an aromatic ring is 1. The lowest BCUT2D eigenvalue weighted by Gasteiger charge is -2.09. The van der Waals surface area contributed by atoms with E-state index in [0.717, 1.165) is 27.8 Å². The van der Waals surface area contributed by atoms with Crippen molar-refractivity contribution >= 4 is 34.6 Å². The lowest BCUT2D eigenvalue weighted by molar-refractivity contribution is -0.364. The number of ether oxygens (including phenoxy) is 1. The Bertz CT molecular complexity index is 1100. The minimum atomic E-state index is 0.264. The van der Waals surface area contributed by atoms with Crippen LogP contribution < -0.4 is 15.5 Å². The minimum Gasteiger partial charge on any atom is -0.492 e. The van der Waals surface area contributed by atoms with E-state index in [1.54, 1.807) is 0 Å². The van der Waals surface area contributed by atoms with Gasteiger partial charge in [0.05, 0.1) is 11.6 Å². The summed E-state index contributed by atoms with van der Waals surface area (Å²) >= 11 is 6.30. The number of hydrogen-bond donors (Lipinski definition) is 1. The molecule has 6 heteroatoms. The van der Waals surface area contributed by atoms with Crippen molar-refractivity contribution in [3.63, 3.8) is 0 Å². The number of pyridine rings is 1. The summed E-state index contributed by atoms with van der Waals surface area (Å²) in [7, 11) is 0. The molecule has 0 radical (unpaired) electrons. The van der Waals surface area contributed by atoms with E-state index >= 15 is 0 Å². The van der Waals surface area contributed by atoms with Gasteiger partial charge < -0.3 is 4.74 Å². The van der Waals surface area contributed by atoms with Crippen LogP contribution in [0.5, 0.6) is 5.75 Å². The fourth-order valence-electron chi connectivity index (χ4n) is 3.32. The molecule has 0 bridgehead atoms. The molecule has 0 unspecified atom stereocenters. The number of nitriles is 2. The van der Waals surface area contributed by atoms with Crippen LogP contribution in [-0.4, -0.2) is 6.61 Å². The van der Waals surface area contributed by atoms with Crippen LogP contribution in [-0.2, 0) is 0 Å². The second kappa shape index (κ2) is 7.15. The van der Waals surface area contributed by atoms with Gasteiger partial charge in [-0.1, -0.05) is 17.7 Å². The van der Waals surface area contributed by atoms with Crippen molar-refractivity contribution in [2.24, 2.45) is 0 Å². The minimum absolute atomic E-state index is 0.264. The third-order valence-electron chi connectivity index (χ3n) is 4.62. The van der Waals surface area contributed by atoms with Crippen molar-refractivity contribution in [1.29, 1.82) is 10.5 Å². The van der Waals surface area contributed by atoms with E-state index in [4.69, 9.17) is 22.1 Å². The Balaban J connectivity index is 2.23. The standard InChI is InChI=1S/C21H17ClN4O/c1-4-27-18-6-5-13(8-17(18)22)7-14-11(2)15(9-23)20-19(14)12(3)16(10-24)21(25)26-20/h5-8H,4H2,1-3H3,(H2,25,26)/p+1/b14-7+. The molecule has 0 amide bonds. The van der Waals surface area contributed by atoms with Gasteiger partial charge >= 0.3 is 0 Å². The Morgan fingerprint density at radius 1 is 1.26 bits per heavy atom. The molecule has 0 saturated carbocycles. The van der Waals surface area contributed by atoms with Gasteiger partial charge in [-0.15, -0.1) is 0 Å². The number of nitrogens with one attached hydrogen (secondary N) is 1. The van der Waals surface area contributed by atoms with E-state index in [0.29, 0.717) is 34.2 Å². The molecule has 27 heavy (non-hydrogen) atoms. The third-order valence-corrected chi connectivity index (χ3v) is 4.91. The van der Waals surface area contributed by atoms with Crippen molar-refractivity contribution in [2.75, 3.05) is 12.3 Å². The first-order valence-electron chi connectivity index (χ1n) is 8.44. The smallest absolute Gasteiger partial charge is 0.289 e. The number of aromatic amines is 1. The van der Waals surface area contributed by atoms with Gasteiger partial charge in [-0.25, -0.2) is 4.98 Å². The number of H-pyrrole nitrogens is 1. The average molecular weight is 378 g/mol. The van der Waals surface area contributed by atoms with Crippen LogP contribution in [0.25, 0.3) is 17.2 Å². The summed E-state index contributed by atoms with van der Waals surface area (Å²) in [5.41, 5.74) is 11.7. The van der Waals surface area contributed by atoms with E-state index in [2.05, 4.69) is 17.1 Å². The Kier molecular flexibility index (Phi) is 4.90. The number of allylic oxidation sites excluding steroid dienone is 3. The maximum Gasteiger partial charge on any atom is 0.289 e. The average Bonchev–Trinajstić information content (AvgIpc) is 2.89. The normalized spacial score (nSPS) is 14.1. The van der Waals surface area contributed by atoms with E-state index in [1.165, 1.54) is 0 Å². The third kappa shape index (κ3) is 3.03. The largest absolute Gasteiger partial charge is 0.492 e. The molecule has 1 aliphatic carbocycles. The van der Waals surface area contributed by atoms with Crippen LogP contribution >= 0.6 is 11.6 Å². The summed E-state index contributed by atoms with van der Waals surface area (Å²) < 4.78 is 5.48. The summed E-state index contributed by atoms with van der Waals surface area (Å²) in [4.78, 5) is 3.02. The van der Waals surface area contributed by atoms with Crippen LogP contribution in [0.15, 0.2) is 23.8 Å². The van der Waals surface area contributed by atoms with Gasteiger partial charge in [-0.2, -0.15) is 10.5 Å².